The second-order valence-corrected chi connectivity index (χ2v) is 7.41. The number of H-pyrrole nitrogens is 1. The van der Waals surface area contributed by atoms with Gasteiger partial charge in [-0.1, -0.05) is 5.59 Å². The van der Waals surface area contributed by atoms with E-state index in [1.807, 2.05) is 50.4 Å². The Kier molecular flexibility index (Phi) is 5.68. The van der Waals surface area contributed by atoms with Gasteiger partial charge >= 0.3 is 5.97 Å². The number of hydrogen-bond donors (Lipinski definition) is 3. The third kappa shape index (κ3) is 4.56. The van der Waals surface area contributed by atoms with Crippen molar-refractivity contribution in [2.45, 2.75) is 32.8 Å². The molecule has 0 fully saturated rings. The summed E-state index contributed by atoms with van der Waals surface area (Å²) < 4.78 is 11.1. The number of carboxylic acids is 1. The Balaban J connectivity index is 1.55. The van der Waals surface area contributed by atoms with Gasteiger partial charge in [-0.2, -0.15) is 0 Å². The van der Waals surface area contributed by atoms with E-state index in [2.05, 4.69) is 15.6 Å². The number of methoxy groups -OCH3 is 1. The summed E-state index contributed by atoms with van der Waals surface area (Å²) >= 11 is 0. The maximum atomic E-state index is 10.8. The Hall–Kier alpha value is -3.72. The van der Waals surface area contributed by atoms with Gasteiger partial charge in [0.1, 0.15) is 0 Å². The van der Waals surface area contributed by atoms with Crippen LogP contribution in [0, 0.1) is 0 Å². The summed E-state index contributed by atoms with van der Waals surface area (Å²) in [6.45, 7) is 3.85. The Morgan fingerprint density at radius 2 is 2.13 bits per heavy atom. The maximum absolute atomic E-state index is 10.8. The number of hydrazine groups is 1. The van der Waals surface area contributed by atoms with E-state index in [4.69, 9.17) is 19.4 Å². The zero-order valence-electron chi connectivity index (χ0n) is 17.5. The average molecular weight is 424 g/mol. The van der Waals surface area contributed by atoms with Crippen LogP contribution in [-0.4, -0.2) is 34.3 Å². The molecule has 0 bridgehead atoms. The van der Waals surface area contributed by atoms with Gasteiger partial charge in [-0.05, 0) is 50.6 Å². The van der Waals surface area contributed by atoms with Crippen LogP contribution in [0.5, 0.6) is 11.6 Å². The molecule has 1 aliphatic rings. The van der Waals surface area contributed by atoms with Crippen molar-refractivity contribution in [1.82, 2.24) is 15.6 Å². The van der Waals surface area contributed by atoms with Crippen molar-refractivity contribution in [3.8, 4) is 11.6 Å². The number of hydrogen-bond acceptors (Lipinski definition) is 7. The molecule has 0 atom stereocenters. The number of benzene rings is 1. The Labute approximate surface area is 179 Å². The molecule has 3 aromatic rings. The highest BCUT2D eigenvalue weighted by Gasteiger charge is 2.20. The van der Waals surface area contributed by atoms with Crippen molar-refractivity contribution < 1.29 is 24.2 Å². The normalized spacial score (nSPS) is 13.4. The third-order valence-corrected chi connectivity index (χ3v) is 4.72. The van der Waals surface area contributed by atoms with Crippen LogP contribution in [0.15, 0.2) is 42.7 Å². The van der Waals surface area contributed by atoms with E-state index in [1.54, 1.807) is 18.3 Å². The molecule has 0 radical (unpaired) electrons. The number of nitrogens with zero attached hydrogens (tertiary/aromatic N) is 2. The molecule has 31 heavy (non-hydrogen) atoms. The van der Waals surface area contributed by atoms with Crippen LogP contribution in [-0.2, 0) is 16.1 Å². The van der Waals surface area contributed by atoms with Crippen molar-refractivity contribution in [3.63, 3.8) is 0 Å². The van der Waals surface area contributed by atoms with Crippen LogP contribution in [0.4, 0.5) is 5.69 Å². The van der Waals surface area contributed by atoms with Crippen LogP contribution in [0.1, 0.15) is 31.5 Å². The summed E-state index contributed by atoms with van der Waals surface area (Å²) in [6.07, 6.45) is 4.02. The smallest absolute Gasteiger partial charge is 0.303 e. The van der Waals surface area contributed by atoms with Gasteiger partial charge in [-0.25, -0.2) is 9.99 Å². The van der Waals surface area contributed by atoms with Gasteiger partial charge in [0.25, 0.3) is 5.88 Å². The molecule has 1 aliphatic heterocycles. The molecule has 2 aromatic heterocycles. The summed E-state index contributed by atoms with van der Waals surface area (Å²) in [5.41, 5.74) is 6.31. The number of aromatic amines is 1. The number of aromatic nitrogens is 2. The van der Waals surface area contributed by atoms with Crippen molar-refractivity contribution in [1.29, 1.82) is 0 Å². The van der Waals surface area contributed by atoms with Gasteiger partial charge in [-0.15, -0.1) is 0 Å². The number of aliphatic carboxylic acids is 1. The molecule has 0 saturated heterocycles. The minimum atomic E-state index is -0.814. The first-order chi connectivity index (χ1) is 14.9. The van der Waals surface area contributed by atoms with Crippen molar-refractivity contribution >= 4 is 28.3 Å². The van der Waals surface area contributed by atoms with Crippen LogP contribution in [0.25, 0.3) is 16.7 Å². The van der Waals surface area contributed by atoms with Crippen LogP contribution in [0.3, 0.4) is 0 Å². The molecule has 1 aromatic carbocycles. The number of carbonyl (C=O) groups is 1. The molecule has 0 unspecified atom stereocenters. The Morgan fingerprint density at radius 3 is 2.87 bits per heavy atom. The lowest BCUT2D eigenvalue weighted by Gasteiger charge is -2.13. The first-order valence-corrected chi connectivity index (χ1v) is 9.91. The number of fused-ring (bicyclic) bond motifs is 1. The molecule has 162 valence electrons. The van der Waals surface area contributed by atoms with Crippen LogP contribution < -0.4 is 20.1 Å². The van der Waals surface area contributed by atoms with Crippen LogP contribution in [0.2, 0.25) is 0 Å². The molecule has 4 rings (SSSR count). The summed E-state index contributed by atoms with van der Waals surface area (Å²) in [5.74, 6) is 0.724. The highest BCUT2D eigenvalue weighted by molar-refractivity contribution is 5.85. The fourth-order valence-corrected chi connectivity index (χ4v) is 3.26. The number of anilines is 1. The van der Waals surface area contributed by atoms with Gasteiger partial charge in [0.2, 0.25) is 0 Å². The maximum Gasteiger partial charge on any atom is 0.303 e. The number of nitrogens with one attached hydrogen (secondary N) is 2. The topological polar surface area (TPSA) is 109 Å². The molecular weight excluding hydrogens is 400 g/mol. The van der Waals surface area contributed by atoms with E-state index in [0.29, 0.717) is 23.8 Å². The van der Waals surface area contributed by atoms with Gasteiger partial charge in [-0.3, -0.25) is 4.79 Å². The van der Waals surface area contributed by atoms with E-state index in [1.165, 1.54) is 0 Å². The fraction of sp³-hybridized carbons (Fsp3) is 0.273. The molecular formula is C22H24N4O5. The molecule has 0 saturated carbocycles. The largest absolute Gasteiger partial charge is 0.491 e. The Morgan fingerprint density at radius 1 is 1.29 bits per heavy atom. The second kappa shape index (κ2) is 8.57. The van der Waals surface area contributed by atoms with E-state index >= 15 is 0 Å². The first-order valence-electron chi connectivity index (χ1n) is 9.91. The predicted molar refractivity (Wildman–Crippen MR) is 115 cm³/mol. The zero-order valence-corrected chi connectivity index (χ0v) is 17.5. The number of ether oxygens (including phenoxy) is 2. The molecule has 3 heterocycles. The minimum absolute atomic E-state index is 0.0145. The number of rotatable bonds is 8. The summed E-state index contributed by atoms with van der Waals surface area (Å²) in [7, 11) is 1.57. The van der Waals surface area contributed by atoms with Gasteiger partial charge < -0.3 is 24.4 Å². The highest BCUT2D eigenvalue weighted by atomic mass is 16.7. The zero-order chi connectivity index (χ0) is 22.0. The number of carboxylic acid groups (broad SMARTS) is 1. The summed E-state index contributed by atoms with van der Waals surface area (Å²) in [6, 6.07) is 9.65. The van der Waals surface area contributed by atoms with E-state index < -0.39 is 5.97 Å². The Bertz CT molecular complexity index is 1140. The number of aryl methyl sites for hydroxylation is 1. The quantitative estimate of drug-likeness (QED) is 0.503. The summed E-state index contributed by atoms with van der Waals surface area (Å²) in [4.78, 5) is 24.0. The number of pyridine rings is 1. The first kappa shape index (κ1) is 20.5. The van der Waals surface area contributed by atoms with Gasteiger partial charge in [0.15, 0.2) is 11.5 Å². The van der Waals surface area contributed by atoms with Gasteiger partial charge in [0.05, 0.1) is 31.5 Å². The molecule has 0 aliphatic carbocycles. The van der Waals surface area contributed by atoms with Crippen molar-refractivity contribution in [2.24, 2.45) is 0 Å². The van der Waals surface area contributed by atoms with E-state index in [0.717, 1.165) is 27.8 Å². The lowest BCUT2D eigenvalue weighted by Crippen LogP contribution is -2.26. The monoisotopic (exact) mass is 424 g/mol. The fourth-order valence-electron chi connectivity index (χ4n) is 3.26. The third-order valence-electron chi connectivity index (χ3n) is 4.72. The SMILES string of the molecule is COc1cc(C2=CN(c3ccc4[nH]c(CCC(=O)O)cc4c3)NO2)cnc1OC(C)C. The average Bonchev–Trinajstić information content (AvgIpc) is 3.38. The lowest BCUT2D eigenvalue weighted by molar-refractivity contribution is -0.136. The molecule has 9 heteroatoms. The van der Waals surface area contributed by atoms with Crippen LogP contribution >= 0.6 is 0 Å². The lowest BCUT2D eigenvalue weighted by atomic mass is 10.2. The molecule has 0 spiro atoms. The van der Waals surface area contributed by atoms with Crippen molar-refractivity contribution in [2.75, 3.05) is 12.1 Å². The van der Waals surface area contributed by atoms with E-state index in [-0.39, 0.29) is 12.5 Å². The molecule has 0 amide bonds. The molecule has 9 nitrogen and oxygen atoms in total. The highest BCUT2D eigenvalue weighted by Crippen LogP contribution is 2.32. The predicted octanol–water partition coefficient (Wildman–Crippen LogP) is 3.63. The van der Waals surface area contributed by atoms with Gasteiger partial charge in [0, 0.05) is 28.4 Å². The second-order valence-electron chi connectivity index (χ2n) is 7.41. The minimum Gasteiger partial charge on any atom is -0.491 e. The standard InChI is InChI=1S/C22H24N4O5/c1-13(2)30-22-19(29-3)10-15(11-23-22)20-12-26(25-31-20)17-5-6-18-14(9-17)8-16(24-18)4-7-21(27)28/h5-6,8-13,24-25H,4,7H2,1-3H3,(H,27,28). The van der Waals surface area contributed by atoms with Crippen molar-refractivity contribution in [3.05, 3.63) is 54.0 Å². The summed E-state index contributed by atoms with van der Waals surface area (Å²) in [5, 5.41) is 11.6. The molecule has 3 N–H and O–H groups in total. The van der Waals surface area contributed by atoms with E-state index in [9.17, 15) is 4.79 Å².